The van der Waals surface area contributed by atoms with Crippen LogP contribution in [0.15, 0.2) is 42.7 Å². The van der Waals surface area contributed by atoms with Crippen molar-refractivity contribution < 1.29 is 4.79 Å². The van der Waals surface area contributed by atoms with Crippen LogP contribution in [0.25, 0.3) is 11.1 Å². The summed E-state index contributed by atoms with van der Waals surface area (Å²) in [6, 6.07) is 10.4. The van der Waals surface area contributed by atoms with Gasteiger partial charge in [-0.2, -0.15) is 0 Å². The first-order valence-corrected chi connectivity index (χ1v) is 8.11. The fourth-order valence-corrected chi connectivity index (χ4v) is 3.22. The van der Waals surface area contributed by atoms with Gasteiger partial charge in [-0.05, 0) is 44.4 Å². The molecule has 0 saturated carbocycles. The minimum Gasteiger partial charge on any atom is -0.336 e. The first-order chi connectivity index (χ1) is 11.1. The Balaban J connectivity index is 1.85. The van der Waals surface area contributed by atoms with Gasteiger partial charge in [0.25, 0.3) is 5.91 Å². The predicted molar refractivity (Wildman–Crippen MR) is 92.1 cm³/mol. The van der Waals surface area contributed by atoms with Crippen molar-refractivity contribution in [2.75, 3.05) is 13.1 Å². The Hall–Kier alpha value is -2.20. The SMILES string of the molecule is Cc1ccc(-c2cncc(C(=O)N3CC(CN)CC3C)c2)cc1. The van der Waals surface area contributed by atoms with Crippen molar-refractivity contribution in [1.82, 2.24) is 9.88 Å². The van der Waals surface area contributed by atoms with Crippen LogP contribution in [0.4, 0.5) is 0 Å². The van der Waals surface area contributed by atoms with Crippen LogP contribution in [-0.2, 0) is 0 Å². The van der Waals surface area contributed by atoms with Gasteiger partial charge in [0, 0.05) is 30.5 Å². The zero-order valence-corrected chi connectivity index (χ0v) is 13.7. The van der Waals surface area contributed by atoms with E-state index in [-0.39, 0.29) is 11.9 Å². The molecule has 3 rings (SSSR count). The standard InChI is InChI=1S/C19H23N3O/c1-13-3-5-16(6-4-13)17-8-18(11-21-10-17)19(23)22-12-15(9-20)7-14(22)2/h3-6,8,10-11,14-15H,7,9,12,20H2,1-2H3. The summed E-state index contributed by atoms with van der Waals surface area (Å²) in [7, 11) is 0. The van der Waals surface area contributed by atoms with E-state index in [0.29, 0.717) is 18.0 Å². The molecule has 2 unspecified atom stereocenters. The van der Waals surface area contributed by atoms with Crippen molar-refractivity contribution in [2.24, 2.45) is 11.7 Å². The highest BCUT2D eigenvalue weighted by molar-refractivity contribution is 5.95. The maximum atomic E-state index is 12.8. The summed E-state index contributed by atoms with van der Waals surface area (Å²) in [4.78, 5) is 19.0. The zero-order chi connectivity index (χ0) is 16.4. The molecule has 0 radical (unpaired) electrons. The molecule has 0 spiro atoms. The van der Waals surface area contributed by atoms with Gasteiger partial charge in [-0.1, -0.05) is 29.8 Å². The first-order valence-electron chi connectivity index (χ1n) is 8.11. The molecular weight excluding hydrogens is 286 g/mol. The second-order valence-corrected chi connectivity index (χ2v) is 6.47. The lowest BCUT2D eigenvalue weighted by Gasteiger charge is -2.21. The molecule has 1 aromatic heterocycles. The van der Waals surface area contributed by atoms with Crippen LogP contribution in [0, 0.1) is 12.8 Å². The molecule has 1 saturated heterocycles. The van der Waals surface area contributed by atoms with Crippen LogP contribution in [0.5, 0.6) is 0 Å². The Morgan fingerprint density at radius 1 is 1.26 bits per heavy atom. The van der Waals surface area contributed by atoms with Crippen molar-refractivity contribution in [3.8, 4) is 11.1 Å². The van der Waals surface area contributed by atoms with Crippen LogP contribution in [0.3, 0.4) is 0 Å². The Labute approximate surface area is 137 Å². The summed E-state index contributed by atoms with van der Waals surface area (Å²) in [5, 5.41) is 0. The van der Waals surface area contributed by atoms with E-state index in [2.05, 4.69) is 43.1 Å². The molecule has 23 heavy (non-hydrogen) atoms. The highest BCUT2D eigenvalue weighted by Crippen LogP contribution is 2.25. The quantitative estimate of drug-likeness (QED) is 0.948. The van der Waals surface area contributed by atoms with Gasteiger partial charge in [0.1, 0.15) is 0 Å². The number of carbonyl (C=O) groups is 1. The fraction of sp³-hybridized carbons (Fsp3) is 0.368. The molecule has 1 fully saturated rings. The molecule has 1 aromatic carbocycles. The number of carbonyl (C=O) groups excluding carboxylic acids is 1. The maximum absolute atomic E-state index is 12.8. The summed E-state index contributed by atoms with van der Waals surface area (Å²) in [5.41, 5.74) is 9.67. The van der Waals surface area contributed by atoms with E-state index in [1.54, 1.807) is 12.4 Å². The summed E-state index contributed by atoms with van der Waals surface area (Å²) < 4.78 is 0. The number of likely N-dealkylation sites (tertiary alicyclic amines) is 1. The third-order valence-electron chi connectivity index (χ3n) is 4.63. The van der Waals surface area contributed by atoms with E-state index >= 15 is 0 Å². The molecule has 0 aliphatic carbocycles. The largest absolute Gasteiger partial charge is 0.336 e. The Kier molecular flexibility index (Phi) is 4.44. The number of rotatable bonds is 3. The number of aryl methyl sites for hydroxylation is 1. The smallest absolute Gasteiger partial charge is 0.255 e. The number of aromatic nitrogens is 1. The van der Waals surface area contributed by atoms with Crippen molar-refractivity contribution in [3.05, 3.63) is 53.9 Å². The summed E-state index contributed by atoms with van der Waals surface area (Å²) in [6.45, 7) is 5.52. The number of pyridine rings is 1. The van der Waals surface area contributed by atoms with Crippen LogP contribution >= 0.6 is 0 Å². The molecular formula is C19H23N3O. The van der Waals surface area contributed by atoms with Gasteiger partial charge in [-0.3, -0.25) is 9.78 Å². The number of nitrogens with zero attached hydrogens (tertiary/aromatic N) is 2. The average Bonchev–Trinajstić information content (AvgIpc) is 2.96. The minimum atomic E-state index is 0.0508. The Morgan fingerprint density at radius 2 is 2.00 bits per heavy atom. The van der Waals surface area contributed by atoms with Crippen molar-refractivity contribution >= 4 is 5.91 Å². The third-order valence-corrected chi connectivity index (χ3v) is 4.63. The van der Waals surface area contributed by atoms with Crippen LogP contribution in [-0.4, -0.2) is 34.9 Å². The van der Waals surface area contributed by atoms with Gasteiger partial charge in [0.15, 0.2) is 0 Å². The monoisotopic (exact) mass is 309 g/mol. The average molecular weight is 309 g/mol. The molecule has 1 aliphatic rings. The maximum Gasteiger partial charge on any atom is 0.255 e. The molecule has 1 aliphatic heterocycles. The van der Waals surface area contributed by atoms with Gasteiger partial charge >= 0.3 is 0 Å². The number of benzene rings is 1. The molecule has 2 atom stereocenters. The second-order valence-electron chi connectivity index (χ2n) is 6.47. The lowest BCUT2D eigenvalue weighted by atomic mass is 10.0. The zero-order valence-electron chi connectivity index (χ0n) is 13.7. The molecule has 0 bridgehead atoms. The number of nitrogens with two attached hydrogens (primary N) is 1. The number of hydrogen-bond donors (Lipinski definition) is 1. The number of hydrogen-bond acceptors (Lipinski definition) is 3. The van der Waals surface area contributed by atoms with E-state index in [1.807, 2.05) is 11.0 Å². The number of amides is 1. The lowest BCUT2D eigenvalue weighted by Crippen LogP contribution is -2.34. The molecule has 2 aromatic rings. The summed E-state index contributed by atoms with van der Waals surface area (Å²) in [6.07, 6.45) is 4.44. The van der Waals surface area contributed by atoms with Crippen LogP contribution in [0.1, 0.15) is 29.3 Å². The fourth-order valence-electron chi connectivity index (χ4n) is 3.22. The van der Waals surface area contributed by atoms with Gasteiger partial charge in [0.2, 0.25) is 0 Å². The topological polar surface area (TPSA) is 59.2 Å². The van der Waals surface area contributed by atoms with E-state index < -0.39 is 0 Å². The van der Waals surface area contributed by atoms with Gasteiger partial charge < -0.3 is 10.6 Å². The van der Waals surface area contributed by atoms with E-state index in [4.69, 9.17) is 5.73 Å². The van der Waals surface area contributed by atoms with Crippen molar-refractivity contribution in [3.63, 3.8) is 0 Å². The Bertz CT molecular complexity index is 696. The summed E-state index contributed by atoms with van der Waals surface area (Å²) >= 11 is 0. The predicted octanol–water partition coefficient (Wildman–Crippen LogP) is 2.87. The highest BCUT2D eigenvalue weighted by Gasteiger charge is 2.32. The highest BCUT2D eigenvalue weighted by atomic mass is 16.2. The molecule has 1 amide bonds. The first kappa shape index (κ1) is 15.7. The third kappa shape index (κ3) is 3.27. The molecule has 120 valence electrons. The van der Waals surface area contributed by atoms with E-state index in [9.17, 15) is 4.79 Å². The minimum absolute atomic E-state index is 0.0508. The van der Waals surface area contributed by atoms with Gasteiger partial charge in [0.05, 0.1) is 5.56 Å². The van der Waals surface area contributed by atoms with Gasteiger partial charge in [-0.15, -0.1) is 0 Å². The lowest BCUT2D eigenvalue weighted by molar-refractivity contribution is 0.0743. The van der Waals surface area contributed by atoms with E-state index in [1.165, 1.54) is 5.56 Å². The van der Waals surface area contributed by atoms with E-state index in [0.717, 1.165) is 24.1 Å². The van der Waals surface area contributed by atoms with Crippen LogP contribution < -0.4 is 5.73 Å². The van der Waals surface area contributed by atoms with Gasteiger partial charge in [-0.25, -0.2) is 0 Å². The molecule has 4 nitrogen and oxygen atoms in total. The molecule has 4 heteroatoms. The summed E-state index contributed by atoms with van der Waals surface area (Å²) in [5.74, 6) is 0.456. The van der Waals surface area contributed by atoms with Crippen molar-refractivity contribution in [1.29, 1.82) is 0 Å². The van der Waals surface area contributed by atoms with Crippen molar-refractivity contribution in [2.45, 2.75) is 26.3 Å². The Morgan fingerprint density at radius 3 is 2.65 bits per heavy atom. The van der Waals surface area contributed by atoms with Crippen LogP contribution in [0.2, 0.25) is 0 Å². The molecule has 2 N–H and O–H groups in total. The molecule has 2 heterocycles. The second kappa shape index (κ2) is 6.50. The normalized spacial score (nSPS) is 20.7.